The SMILES string of the molecule is CCCCOc1ccc(CSc2ccc(NS(=O)(=O)c3ccc(C)c(C(=O)OC)c3)cc2)cc1. The Hall–Kier alpha value is -2.97. The van der Waals surface area contributed by atoms with E-state index in [4.69, 9.17) is 9.47 Å². The van der Waals surface area contributed by atoms with Crippen LogP contribution in [0.3, 0.4) is 0 Å². The van der Waals surface area contributed by atoms with Gasteiger partial charge in [0, 0.05) is 16.3 Å². The van der Waals surface area contributed by atoms with Gasteiger partial charge in [0.15, 0.2) is 0 Å². The number of ether oxygens (including phenoxy) is 2. The maximum absolute atomic E-state index is 12.8. The lowest BCUT2D eigenvalue weighted by Gasteiger charge is -2.11. The molecule has 0 amide bonds. The summed E-state index contributed by atoms with van der Waals surface area (Å²) in [5, 5.41) is 0. The predicted molar refractivity (Wildman–Crippen MR) is 136 cm³/mol. The third-order valence-corrected chi connectivity index (χ3v) is 7.59. The van der Waals surface area contributed by atoms with E-state index in [1.165, 1.54) is 24.8 Å². The number of carbonyl (C=O) groups is 1. The molecule has 0 saturated carbocycles. The number of anilines is 1. The summed E-state index contributed by atoms with van der Waals surface area (Å²) in [6.45, 7) is 4.59. The monoisotopic (exact) mass is 499 g/mol. The van der Waals surface area contributed by atoms with Crippen LogP contribution in [-0.2, 0) is 20.5 Å². The summed E-state index contributed by atoms with van der Waals surface area (Å²) in [6.07, 6.45) is 2.15. The Morgan fingerprint density at radius 2 is 1.71 bits per heavy atom. The summed E-state index contributed by atoms with van der Waals surface area (Å²) in [4.78, 5) is 12.9. The number of rotatable bonds is 11. The minimum absolute atomic E-state index is 0.000859. The third-order valence-electron chi connectivity index (χ3n) is 5.13. The molecule has 180 valence electrons. The highest BCUT2D eigenvalue weighted by Crippen LogP contribution is 2.26. The van der Waals surface area contributed by atoms with E-state index in [9.17, 15) is 13.2 Å². The Balaban J connectivity index is 1.60. The molecule has 0 fully saturated rings. The number of thioether (sulfide) groups is 1. The molecular weight excluding hydrogens is 470 g/mol. The lowest BCUT2D eigenvalue weighted by Crippen LogP contribution is -2.14. The molecule has 0 aliphatic heterocycles. The average molecular weight is 500 g/mol. The molecule has 0 unspecified atom stereocenters. The minimum atomic E-state index is -3.85. The summed E-state index contributed by atoms with van der Waals surface area (Å²) in [5.74, 6) is 1.10. The molecule has 0 bridgehead atoms. The van der Waals surface area contributed by atoms with Crippen molar-refractivity contribution in [2.45, 2.75) is 42.2 Å². The van der Waals surface area contributed by atoms with Gasteiger partial charge in [0.05, 0.1) is 24.2 Å². The topological polar surface area (TPSA) is 81.7 Å². The molecule has 0 saturated heterocycles. The molecule has 3 rings (SSSR count). The molecule has 0 heterocycles. The van der Waals surface area contributed by atoms with E-state index in [2.05, 4.69) is 23.8 Å². The summed E-state index contributed by atoms with van der Waals surface area (Å²) in [6, 6.07) is 19.7. The number of aryl methyl sites for hydroxylation is 1. The van der Waals surface area contributed by atoms with Crippen LogP contribution in [0, 0.1) is 6.92 Å². The van der Waals surface area contributed by atoms with Crippen LogP contribution in [0.1, 0.15) is 41.3 Å². The fourth-order valence-electron chi connectivity index (χ4n) is 3.11. The lowest BCUT2D eigenvalue weighted by molar-refractivity contribution is 0.0599. The number of hydrogen-bond acceptors (Lipinski definition) is 6. The highest BCUT2D eigenvalue weighted by Gasteiger charge is 2.18. The van der Waals surface area contributed by atoms with Gasteiger partial charge in [-0.15, -0.1) is 11.8 Å². The summed E-state index contributed by atoms with van der Waals surface area (Å²) in [5.41, 5.74) is 2.49. The number of unbranched alkanes of at least 4 members (excludes halogenated alkanes) is 1. The second kappa shape index (κ2) is 11.9. The zero-order valence-electron chi connectivity index (χ0n) is 19.5. The lowest BCUT2D eigenvalue weighted by atomic mass is 10.1. The quantitative estimate of drug-likeness (QED) is 0.196. The molecule has 3 aromatic carbocycles. The van der Waals surface area contributed by atoms with Crippen molar-refractivity contribution < 1.29 is 22.7 Å². The van der Waals surface area contributed by atoms with Crippen LogP contribution in [0.15, 0.2) is 76.5 Å². The van der Waals surface area contributed by atoms with Gasteiger partial charge in [-0.2, -0.15) is 0 Å². The first-order valence-corrected chi connectivity index (χ1v) is 13.5. The van der Waals surface area contributed by atoms with Gasteiger partial charge >= 0.3 is 5.97 Å². The molecule has 8 heteroatoms. The first-order chi connectivity index (χ1) is 16.3. The normalized spacial score (nSPS) is 11.1. The van der Waals surface area contributed by atoms with Crippen molar-refractivity contribution in [2.75, 3.05) is 18.4 Å². The Kier molecular flexibility index (Phi) is 9.01. The van der Waals surface area contributed by atoms with Crippen molar-refractivity contribution >= 4 is 33.4 Å². The second-order valence-corrected chi connectivity index (χ2v) is 10.5. The Bertz CT molecular complexity index is 1210. The number of benzene rings is 3. The van der Waals surface area contributed by atoms with E-state index >= 15 is 0 Å². The molecule has 0 spiro atoms. The molecule has 0 aliphatic rings. The molecule has 34 heavy (non-hydrogen) atoms. The Labute approximate surface area is 205 Å². The molecule has 0 atom stereocenters. The maximum atomic E-state index is 12.8. The molecule has 0 aromatic heterocycles. The summed E-state index contributed by atoms with van der Waals surface area (Å²) in [7, 11) is -2.59. The largest absolute Gasteiger partial charge is 0.494 e. The zero-order valence-corrected chi connectivity index (χ0v) is 21.2. The van der Waals surface area contributed by atoms with Crippen molar-refractivity contribution in [3.8, 4) is 5.75 Å². The predicted octanol–water partition coefficient (Wildman–Crippen LogP) is 6.05. The van der Waals surface area contributed by atoms with Gasteiger partial charge in [-0.05, 0) is 73.0 Å². The highest BCUT2D eigenvalue weighted by molar-refractivity contribution is 7.98. The number of sulfonamides is 1. The molecule has 0 radical (unpaired) electrons. The van der Waals surface area contributed by atoms with Gasteiger partial charge in [-0.1, -0.05) is 31.5 Å². The minimum Gasteiger partial charge on any atom is -0.494 e. The molecule has 1 N–H and O–H groups in total. The number of nitrogens with one attached hydrogen (secondary N) is 1. The molecule has 6 nitrogen and oxygen atoms in total. The number of hydrogen-bond donors (Lipinski definition) is 1. The van der Waals surface area contributed by atoms with E-state index in [0.29, 0.717) is 11.3 Å². The van der Waals surface area contributed by atoms with Crippen molar-refractivity contribution in [2.24, 2.45) is 0 Å². The van der Waals surface area contributed by atoms with Crippen LogP contribution >= 0.6 is 11.8 Å². The fraction of sp³-hybridized carbons (Fsp3) is 0.269. The van der Waals surface area contributed by atoms with Crippen molar-refractivity contribution in [1.29, 1.82) is 0 Å². The Morgan fingerprint density at radius 1 is 1.00 bits per heavy atom. The van der Waals surface area contributed by atoms with E-state index < -0.39 is 16.0 Å². The van der Waals surface area contributed by atoms with Crippen LogP contribution in [0.5, 0.6) is 5.75 Å². The number of carbonyl (C=O) groups excluding carboxylic acids is 1. The van der Waals surface area contributed by atoms with Gasteiger partial charge in [-0.3, -0.25) is 4.72 Å². The van der Waals surface area contributed by atoms with Crippen molar-refractivity contribution in [3.05, 3.63) is 83.4 Å². The first-order valence-electron chi connectivity index (χ1n) is 11.0. The summed E-state index contributed by atoms with van der Waals surface area (Å²) < 4.78 is 38.6. The number of methoxy groups -OCH3 is 1. The van der Waals surface area contributed by atoms with Gasteiger partial charge < -0.3 is 9.47 Å². The number of esters is 1. The van der Waals surface area contributed by atoms with E-state index in [0.717, 1.165) is 35.8 Å². The first kappa shape index (κ1) is 25.6. The Morgan fingerprint density at radius 3 is 2.35 bits per heavy atom. The smallest absolute Gasteiger partial charge is 0.338 e. The maximum Gasteiger partial charge on any atom is 0.338 e. The fourth-order valence-corrected chi connectivity index (χ4v) is 5.05. The van der Waals surface area contributed by atoms with Crippen LogP contribution in [0.25, 0.3) is 0 Å². The second-order valence-electron chi connectivity index (χ2n) is 7.73. The van der Waals surface area contributed by atoms with Crippen LogP contribution in [0.2, 0.25) is 0 Å². The van der Waals surface area contributed by atoms with Crippen molar-refractivity contribution in [1.82, 2.24) is 0 Å². The van der Waals surface area contributed by atoms with Gasteiger partial charge in [0.2, 0.25) is 0 Å². The van der Waals surface area contributed by atoms with Crippen molar-refractivity contribution in [3.63, 3.8) is 0 Å². The van der Waals surface area contributed by atoms with E-state index in [1.807, 2.05) is 24.3 Å². The average Bonchev–Trinajstić information content (AvgIpc) is 2.84. The third kappa shape index (κ3) is 7.01. The molecule has 0 aliphatic carbocycles. The zero-order chi connectivity index (χ0) is 24.6. The standard InChI is InChI=1S/C26H29NO5S2/c1-4-5-16-32-22-11-7-20(8-12-22)18-33-23-13-9-21(10-14-23)27-34(29,30)24-15-6-19(2)25(17-24)26(28)31-3/h6-15,17,27H,4-5,16,18H2,1-3H3. The molecular formula is C26H29NO5S2. The van der Waals surface area contributed by atoms with Crippen LogP contribution in [-0.4, -0.2) is 28.1 Å². The highest BCUT2D eigenvalue weighted by atomic mass is 32.2. The van der Waals surface area contributed by atoms with Crippen LogP contribution < -0.4 is 9.46 Å². The van der Waals surface area contributed by atoms with Gasteiger partial charge in [-0.25, -0.2) is 13.2 Å². The summed E-state index contributed by atoms with van der Waals surface area (Å²) >= 11 is 1.66. The van der Waals surface area contributed by atoms with Gasteiger partial charge in [0.25, 0.3) is 10.0 Å². The van der Waals surface area contributed by atoms with Crippen LogP contribution in [0.4, 0.5) is 5.69 Å². The van der Waals surface area contributed by atoms with E-state index in [-0.39, 0.29) is 10.5 Å². The van der Waals surface area contributed by atoms with E-state index in [1.54, 1.807) is 36.9 Å². The van der Waals surface area contributed by atoms with Gasteiger partial charge in [0.1, 0.15) is 5.75 Å². The molecule has 3 aromatic rings.